The van der Waals surface area contributed by atoms with Gasteiger partial charge in [0.25, 0.3) is 5.91 Å². The minimum atomic E-state index is -0.0734. The van der Waals surface area contributed by atoms with Crippen molar-refractivity contribution in [2.75, 3.05) is 12.3 Å². The van der Waals surface area contributed by atoms with Gasteiger partial charge in [-0.15, -0.1) is 0 Å². The molecule has 1 aliphatic carbocycles. The Hall–Kier alpha value is -1.71. The first-order valence-electron chi connectivity index (χ1n) is 6.95. The molecule has 0 spiro atoms. The van der Waals surface area contributed by atoms with Crippen molar-refractivity contribution in [1.29, 1.82) is 0 Å². The molecule has 0 aliphatic heterocycles. The van der Waals surface area contributed by atoms with Gasteiger partial charge in [-0.2, -0.15) is 0 Å². The SMILES string of the molecule is CCC(CC1CC1)NC(=O)COc1ccccc1N. The molecule has 19 heavy (non-hydrogen) atoms. The van der Waals surface area contributed by atoms with Gasteiger partial charge in [0.1, 0.15) is 5.75 Å². The van der Waals surface area contributed by atoms with Crippen LogP contribution in [0.5, 0.6) is 5.75 Å². The van der Waals surface area contributed by atoms with Gasteiger partial charge in [0.2, 0.25) is 0 Å². The topological polar surface area (TPSA) is 64.3 Å². The zero-order chi connectivity index (χ0) is 13.7. The van der Waals surface area contributed by atoms with Crippen molar-refractivity contribution < 1.29 is 9.53 Å². The lowest BCUT2D eigenvalue weighted by Gasteiger charge is -2.17. The third kappa shape index (κ3) is 4.47. The number of amides is 1. The first-order chi connectivity index (χ1) is 9.19. The molecule has 1 saturated carbocycles. The Kier molecular flexibility index (Phi) is 4.66. The summed E-state index contributed by atoms with van der Waals surface area (Å²) in [4.78, 5) is 11.8. The van der Waals surface area contributed by atoms with Gasteiger partial charge in [-0.05, 0) is 30.9 Å². The van der Waals surface area contributed by atoms with Gasteiger partial charge in [0, 0.05) is 6.04 Å². The minimum absolute atomic E-state index is 0.0232. The maximum absolute atomic E-state index is 11.8. The number of carbonyl (C=O) groups excluding carboxylic acids is 1. The monoisotopic (exact) mass is 262 g/mol. The van der Waals surface area contributed by atoms with Crippen LogP contribution in [0.1, 0.15) is 32.6 Å². The lowest BCUT2D eigenvalue weighted by Crippen LogP contribution is -2.37. The van der Waals surface area contributed by atoms with E-state index in [1.807, 2.05) is 12.1 Å². The average Bonchev–Trinajstić information content (AvgIpc) is 3.21. The number of nitrogens with one attached hydrogen (secondary N) is 1. The van der Waals surface area contributed by atoms with Crippen molar-refractivity contribution in [3.63, 3.8) is 0 Å². The zero-order valence-corrected chi connectivity index (χ0v) is 11.4. The highest BCUT2D eigenvalue weighted by atomic mass is 16.5. The molecular weight excluding hydrogens is 240 g/mol. The van der Waals surface area contributed by atoms with Gasteiger partial charge in [-0.3, -0.25) is 4.79 Å². The molecule has 1 aromatic rings. The zero-order valence-electron chi connectivity index (χ0n) is 11.4. The molecular formula is C15H22N2O2. The Morgan fingerprint density at radius 3 is 2.84 bits per heavy atom. The van der Waals surface area contributed by atoms with Crippen molar-refractivity contribution in [2.45, 2.75) is 38.6 Å². The van der Waals surface area contributed by atoms with Gasteiger partial charge in [-0.25, -0.2) is 0 Å². The van der Waals surface area contributed by atoms with Crippen LogP contribution in [-0.2, 0) is 4.79 Å². The molecule has 0 aromatic heterocycles. The molecule has 104 valence electrons. The molecule has 4 heteroatoms. The molecule has 1 amide bonds. The van der Waals surface area contributed by atoms with Crippen LogP contribution in [0.3, 0.4) is 0 Å². The maximum Gasteiger partial charge on any atom is 0.258 e. The number of hydrogen-bond donors (Lipinski definition) is 2. The van der Waals surface area contributed by atoms with E-state index in [1.54, 1.807) is 12.1 Å². The summed E-state index contributed by atoms with van der Waals surface area (Å²) in [6.07, 6.45) is 4.68. The van der Waals surface area contributed by atoms with Crippen molar-refractivity contribution in [2.24, 2.45) is 5.92 Å². The van der Waals surface area contributed by atoms with Crippen LogP contribution < -0.4 is 15.8 Å². The predicted molar refractivity (Wildman–Crippen MR) is 75.9 cm³/mol. The highest BCUT2D eigenvalue weighted by molar-refractivity contribution is 5.78. The second kappa shape index (κ2) is 6.45. The standard InChI is InChI=1S/C15H22N2O2/c1-2-12(9-11-7-8-11)17-15(18)10-19-14-6-4-3-5-13(14)16/h3-6,11-12H,2,7-10,16H2,1H3,(H,17,18). The molecule has 1 aromatic carbocycles. The molecule has 0 radical (unpaired) electrons. The summed E-state index contributed by atoms with van der Waals surface area (Å²) >= 11 is 0. The molecule has 1 atom stereocenters. The third-order valence-corrected chi connectivity index (χ3v) is 3.45. The summed E-state index contributed by atoms with van der Waals surface area (Å²) in [5.41, 5.74) is 6.31. The maximum atomic E-state index is 11.8. The van der Waals surface area contributed by atoms with Crippen LogP contribution >= 0.6 is 0 Å². The van der Waals surface area contributed by atoms with Crippen LogP contribution in [0.15, 0.2) is 24.3 Å². The van der Waals surface area contributed by atoms with Gasteiger partial charge in [0.15, 0.2) is 6.61 Å². The molecule has 0 bridgehead atoms. The van der Waals surface area contributed by atoms with Crippen LogP contribution in [0.2, 0.25) is 0 Å². The molecule has 1 fully saturated rings. The summed E-state index contributed by atoms with van der Waals surface area (Å²) in [6.45, 7) is 2.12. The van der Waals surface area contributed by atoms with Crippen LogP contribution in [0.25, 0.3) is 0 Å². The highest BCUT2D eigenvalue weighted by Gasteiger charge is 2.25. The number of nitrogens with two attached hydrogens (primary N) is 1. The first kappa shape index (κ1) is 13.7. The molecule has 4 nitrogen and oxygen atoms in total. The summed E-state index contributed by atoms with van der Waals surface area (Å²) in [5.74, 6) is 1.31. The number of nitrogen functional groups attached to an aromatic ring is 1. The fraction of sp³-hybridized carbons (Fsp3) is 0.533. The van der Waals surface area contributed by atoms with E-state index in [4.69, 9.17) is 10.5 Å². The molecule has 1 unspecified atom stereocenters. The molecule has 1 aliphatic rings. The van der Waals surface area contributed by atoms with Crippen LogP contribution in [0.4, 0.5) is 5.69 Å². The minimum Gasteiger partial charge on any atom is -0.482 e. The lowest BCUT2D eigenvalue weighted by molar-refractivity contribution is -0.123. The van der Waals surface area contributed by atoms with E-state index in [-0.39, 0.29) is 18.6 Å². The van der Waals surface area contributed by atoms with Gasteiger partial charge in [-0.1, -0.05) is 31.9 Å². The number of ether oxygens (including phenoxy) is 1. The van der Waals surface area contributed by atoms with E-state index in [0.29, 0.717) is 11.4 Å². The van der Waals surface area contributed by atoms with E-state index in [2.05, 4.69) is 12.2 Å². The van der Waals surface area contributed by atoms with E-state index in [1.165, 1.54) is 12.8 Å². The summed E-state index contributed by atoms with van der Waals surface area (Å²) in [7, 11) is 0. The Morgan fingerprint density at radius 2 is 2.21 bits per heavy atom. The number of para-hydroxylation sites is 2. The fourth-order valence-electron chi connectivity index (χ4n) is 2.11. The molecule has 0 heterocycles. The molecule has 2 rings (SSSR count). The Bertz CT molecular complexity index is 430. The first-order valence-corrected chi connectivity index (χ1v) is 6.95. The summed E-state index contributed by atoms with van der Waals surface area (Å²) in [6, 6.07) is 7.48. The van der Waals surface area contributed by atoms with Crippen LogP contribution in [0, 0.1) is 5.92 Å². The second-order valence-corrected chi connectivity index (χ2v) is 5.18. The molecule has 3 N–H and O–H groups in total. The Balaban J connectivity index is 1.75. The van der Waals surface area contributed by atoms with Crippen molar-refractivity contribution in [3.05, 3.63) is 24.3 Å². The predicted octanol–water partition coefficient (Wildman–Crippen LogP) is 2.34. The van der Waals surface area contributed by atoms with Crippen molar-refractivity contribution >= 4 is 11.6 Å². The summed E-state index contributed by atoms with van der Waals surface area (Å²) in [5, 5.41) is 3.02. The number of rotatable bonds is 7. The Morgan fingerprint density at radius 1 is 1.47 bits per heavy atom. The quantitative estimate of drug-likeness (QED) is 0.741. The van der Waals surface area contributed by atoms with Crippen molar-refractivity contribution in [1.82, 2.24) is 5.32 Å². The third-order valence-electron chi connectivity index (χ3n) is 3.45. The van der Waals surface area contributed by atoms with Crippen molar-refractivity contribution in [3.8, 4) is 5.75 Å². The van der Waals surface area contributed by atoms with Crippen LogP contribution in [-0.4, -0.2) is 18.6 Å². The van der Waals surface area contributed by atoms with E-state index in [9.17, 15) is 4.79 Å². The summed E-state index contributed by atoms with van der Waals surface area (Å²) < 4.78 is 5.43. The lowest BCUT2D eigenvalue weighted by atomic mass is 10.1. The number of benzene rings is 1. The number of hydrogen-bond acceptors (Lipinski definition) is 3. The smallest absolute Gasteiger partial charge is 0.258 e. The largest absolute Gasteiger partial charge is 0.482 e. The fourth-order valence-corrected chi connectivity index (χ4v) is 2.11. The van der Waals surface area contributed by atoms with Gasteiger partial charge >= 0.3 is 0 Å². The van der Waals surface area contributed by atoms with Gasteiger partial charge < -0.3 is 15.8 Å². The normalized spacial score (nSPS) is 15.8. The van der Waals surface area contributed by atoms with E-state index in [0.717, 1.165) is 18.8 Å². The van der Waals surface area contributed by atoms with E-state index < -0.39 is 0 Å². The highest BCUT2D eigenvalue weighted by Crippen LogP contribution is 2.34. The van der Waals surface area contributed by atoms with Gasteiger partial charge in [0.05, 0.1) is 5.69 Å². The number of carbonyl (C=O) groups is 1. The second-order valence-electron chi connectivity index (χ2n) is 5.18. The average molecular weight is 262 g/mol. The molecule has 0 saturated heterocycles. The Labute approximate surface area is 114 Å². The van der Waals surface area contributed by atoms with E-state index >= 15 is 0 Å². The number of anilines is 1.